The molecule has 0 aliphatic heterocycles. The highest BCUT2D eigenvalue weighted by Crippen LogP contribution is 2.28. The van der Waals surface area contributed by atoms with Crippen molar-refractivity contribution in [1.29, 1.82) is 0 Å². The molecule has 1 rings (SSSR count). The molecule has 1 aromatic rings. The Labute approximate surface area is 97.4 Å². The molecule has 0 saturated carbocycles. The molecule has 0 bridgehead atoms. The van der Waals surface area contributed by atoms with Crippen LogP contribution in [0.3, 0.4) is 0 Å². The lowest BCUT2D eigenvalue weighted by Crippen LogP contribution is -2.26. The van der Waals surface area contributed by atoms with E-state index in [2.05, 4.69) is 14.9 Å². The maximum Gasteiger partial charge on any atom is 0.295 e. The van der Waals surface area contributed by atoms with Crippen molar-refractivity contribution >= 4 is 29.4 Å². The third-order valence-corrected chi connectivity index (χ3v) is 2.08. The molecule has 0 fully saturated rings. The van der Waals surface area contributed by atoms with Crippen LogP contribution in [0.2, 0.25) is 5.02 Å². The van der Waals surface area contributed by atoms with E-state index in [1.807, 2.05) is 0 Å². The molecule has 0 unspecified atom stereocenters. The van der Waals surface area contributed by atoms with Crippen molar-refractivity contribution in [3.63, 3.8) is 0 Å². The van der Waals surface area contributed by atoms with Crippen LogP contribution in [0.1, 0.15) is 0 Å². The lowest BCUT2D eigenvalue weighted by atomic mass is 10.3. The number of carbonyl (C=O) groups excluding carboxylic acids is 1. The van der Waals surface area contributed by atoms with Crippen LogP contribution in [0.15, 0.2) is 18.2 Å². The molecule has 6 heteroatoms. The fraction of sp³-hybridized carbons (Fsp3) is 0.200. The highest BCUT2D eigenvalue weighted by atomic mass is 35.5. The smallest absolute Gasteiger partial charge is 0.295 e. The van der Waals surface area contributed by atoms with Crippen molar-refractivity contribution in [2.24, 2.45) is 0 Å². The van der Waals surface area contributed by atoms with Crippen molar-refractivity contribution < 1.29 is 14.6 Å². The summed E-state index contributed by atoms with van der Waals surface area (Å²) in [4.78, 5) is 13.3. The second-order valence-electron chi connectivity index (χ2n) is 2.83. The number of hydrogen-bond acceptors (Lipinski definition) is 4. The van der Waals surface area contributed by atoms with Gasteiger partial charge in [0.05, 0.1) is 13.2 Å². The minimum Gasteiger partial charge on any atom is -0.441 e. The first-order valence-electron chi connectivity index (χ1n) is 4.34. The van der Waals surface area contributed by atoms with Gasteiger partial charge in [0.1, 0.15) is 0 Å². The normalized spacial score (nSPS) is 11.3. The molecule has 0 saturated heterocycles. The molecule has 0 aliphatic rings. The fourth-order valence-electron chi connectivity index (χ4n) is 1.06. The highest BCUT2D eigenvalue weighted by molar-refractivity contribution is 6.33. The SMILES string of the molecule is [C-]#[N+]c1ccc(N[C@H](CO)OC=O)cc1Cl. The Bertz CT molecular complexity index is 417. The van der Waals surface area contributed by atoms with Crippen LogP contribution >= 0.6 is 11.6 Å². The molecule has 16 heavy (non-hydrogen) atoms. The average Bonchev–Trinajstić information content (AvgIpc) is 2.28. The zero-order chi connectivity index (χ0) is 12.0. The van der Waals surface area contributed by atoms with Gasteiger partial charge in [-0.25, -0.2) is 4.85 Å². The Balaban J connectivity index is 2.78. The summed E-state index contributed by atoms with van der Waals surface area (Å²) in [7, 11) is 0. The van der Waals surface area contributed by atoms with E-state index in [0.29, 0.717) is 16.4 Å². The summed E-state index contributed by atoms with van der Waals surface area (Å²) in [5, 5.41) is 11.9. The minimum absolute atomic E-state index is 0.239. The summed E-state index contributed by atoms with van der Waals surface area (Å²) in [5.74, 6) is 0. The average molecular weight is 241 g/mol. The quantitative estimate of drug-likeness (QED) is 0.468. The predicted molar refractivity (Wildman–Crippen MR) is 59.4 cm³/mol. The monoisotopic (exact) mass is 240 g/mol. The number of nitrogens with zero attached hydrogens (tertiary/aromatic N) is 1. The maximum atomic E-state index is 10.1. The summed E-state index contributed by atoms with van der Waals surface area (Å²) < 4.78 is 4.55. The van der Waals surface area contributed by atoms with E-state index in [0.717, 1.165) is 0 Å². The van der Waals surface area contributed by atoms with Crippen molar-refractivity contribution in [3.05, 3.63) is 34.6 Å². The molecule has 5 nitrogen and oxygen atoms in total. The van der Waals surface area contributed by atoms with E-state index in [4.69, 9.17) is 23.3 Å². The molecule has 0 heterocycles. The van der Waals surface area contributed by atoms with E-state index in [9.17, 15) is 4.79 Å². The summed E-state index contributed by atoms with van der Waals surface area (Å²) in [6, 6.07) is 4.66. The molecule has 0 aromatic heterocycles. The number of halogens is 1. The van der Waals surface area contributed by atoms with Gasteiger partial charge in [0.25, 0.3) is 6.47 Å². The Morgan fingerprint density at radius 2 is 2.44 bits per heavy atom. The number of anilines is 1. The summed E-state index contributed by atoms with van der Waals surface area (Å²) in [6.45, 7) is 6.69. The topological polar surface area (TPSA) is 62.9 Å². The van der Waals surface area contributed by atoms with Crippen LogP contribution in [-0.4, -0.2) is 24.4 Å². The van der Waals surface area contributed by atoms with Gasteiger partial charge in [0.2, 0.25) is 5.69 Å². The van der Waals surface area contributed by atoms with Gasteiger partial charge in [-0.15, -0.1) is 0 Å². The standard InChI is InChI=1S/C10H9ClN2O3/c1-12-9-3-2-7(4-8(9)11)13-10(5-14)16-6-15/h2-4,6,10,13-14H,5H2/t10-/m0/s1. The summed E-state index contributed by atoms with van der Waals surface area (Å²) in [5.41, 5.74) is 0.891. The number of hydrogen-bond donors (Lipinski definition) is 2. The third kappa shape index (κ3) is 3.12. The van der Waals surface area contributed by atoms with Crippen LogP contribution in [-0.2, 0) is 9.53 Å². The molecule has 0 radical (unpaired) electrons. The zero-order valence-corrected chi connectivity index (χ0v) is 8.94. The number of aliphatic hydroxyl groups excluding tert-OH is 1. The van der Waals surface area contributed by atoms with Crippen molar-refractivity contribution in [1.82, 2.24) is 0 Å². The number of ether oxygens (including phenoxy) is 1. The van der Waals surface area contributed by atoms with Gasteiger partial charge in [-0.1, -0.05) is 17.7 Å². The first-order valence-corrected chi connectivity index (χ1v) is 4.72. The van der Waals surface area contributed by atoms with E-state index in [1.165, 1.54) is 12.1 Å². The molecule has 1 atom stereocenters. The third-order valence-electron chi connectivity index (χ3n) is 1.78. The van der Waals surface area contributed by atoms with Crippen LogP contribution in [0.25, 0.3) is 4.85 Å². The van der Waals surface area contributed by atoms with E-state index in [1.54, 1.807) is 6.07 Å². The first-order chi connectivity index (χ1) is 7.71. The number of nitrogens with one attached hydrogen (secondary N) is 1. The molecule has 0 spiro atoms. The van der Waals surface area contributed by atoms with Gasteiger partial charge in [0, 0.05) is 10.7 Å². The number of carbonyl (C=O) groups is 1. The van der Waals surface area contributed by atoms with Crippen LogP contribution < -0.4 is 5.32 Å². The van der Waals surface area contributed by atoms with Crippen molar-refractivity contribution in [2.75, 3.05) is 11.9 Å². The molecular weight excluding hydrogens is 232 g/mol. The molecule has 1 aromatic carbocycles. The number of rotatable bonds is 5. The lowest BCUT2D eigenvalue weighted by Gasteiger charge is -2.15. The predicted octanol–water partition coefficient (Wildman–Crippen LogP) is 1.79. The first kappa shape index (κ1) is 12.3. The fourth-order valence-corrected chi connectivity index (χ4v) is 1.29. The van der Waals surface area contributed by atoms with Crippen molar-refractivity contribution in [3.8, 4) is 0 Å². The Morgan fingerprint density at radius 3 is 2.94 bits per heavy atom. The van der Waals surface area contributed by atoms with Gasteiger partial charge < -0.3 is 15.2 Å². The number of aliphatic hydroxyl groups is 1. The molecule has 0 aliphatic carbocycles. The van der Waals surface area contributed by atoms with Gasteiger partial charge >= 0.3 is 0 Å². The van der Waals surface area contributed by atoms with Gasteiger partial charge in [-0.3, -0.25) is 4.79 Å². The van der Waals surface area contributed by atoms with Crippen LogP contribution in [0, 0.1) is 6.57 Å². The van der Waals surface area contributed by atoms with Gasteiger partial charge in [0.15, 0.2) is 6.23 Å². The van der Waals surface area contributed by atoms with Gasteiger partial charge in [-0.2, -0.15) is 0 Å². The molecule has 84 valence electrons. The van der Waals surface area contributed by atoms with Crippen LogP contribution in [0.4, 0.5) is 11.4 Å². The molecule has 2 N–H and O–H groups in total. The minimum atomic E-state index is -0.827. The molecular formula is C10H9ClN2O3. The largest absolute Gasteiger partial charge is 0.441 e. The van der Waals surface area contributed by atoms with E-state index >= 15 is 0 Å². The zero-order valence-electron chi connectivity index (χ0n) is 8.18. The summed E-state index contributed by atoms with van der Waals surface area (Å²) in [6.07, 6.45) is -0.827. The summed E-state index contributed by atoms with van der Waals surface area (Å²) >= 11 is 5.81. The van der Waals surface area contributed by atoms with Gasteiger partial charge in [-0.05, 0) is 12.1 Å². The van der Waals surface area contributed by atoms with E-state index in [-0.39, 0.29) is 13.1 Å². The van der Waals surface area contributed by atoms with Crippen LogP contribution in [0.5, 0.6) is 0 Å². The Morgan fingerprint density at radius 1 is 1.69 bits per heavy atom. The Hall–Kier alpha value is -1.77. The second-order valence-corrected chi connectivity index (χ2v) is 3.23. The highest BCUT2D eigenvalue weighted by Gasteiger charge is 2.08. The van der Waals surface area contributed by atoms with Crippen molar-refractivity contribution in [2.45, 2.75) is 6.23 Å². The second kappa shape index (κ2) is 5.95. The van der Waals surface area contributed by atoms with E-state index < -0.39 is 6.23 Å². The molecule has 0 amide bonds. The lowest BCUT2D eigenvalue weighted by molar-refractivity contribution is -0.133. The Kier molecular flexibility index (Phi) is 4.58. The number of benzene rings is 1. The maximum absolute atomic E-state index is 10.1.